The van der Waals surface area contributed by atoms with E-state index in [0.717, 1.165) is 24.6 Å². The summed E-state index contributed by atoms with van der Waals surface area (Å²) in [7, 11) is 0. The molecular formula is C21H20N4O5S. The molecule has 1 aliphatic heterocycles. The van der Waals surface area contributed by atoms with E-state index in [1.165, 1.54) is 18.2 Å². The highest BCUT2D eigenvalue weighted by atomic mass is 32.2. The van der Waals surface area contributed by atoms with Crippen molar-refractivity contribution in [3.63, 3.8) is 0 Å². The van der Waals surface area contributed by atoms with Gasteiger partial charge in [-0.3, -0.25) is 24.3 Å². The van der Waals surface area contributed by atoms with Gasteiger partial charge in [-0.25, -0.2) is 4.98 Å². The van der Waals surface area contributed by atoms with Gasteiger partial charge < -0.3 is 10.1 Å². The van der Waals surface area contributed by atoms with Gasteiger partial charge in [0.25, 0.3) is 11.2 Å². The molecule has 0 radical (unpaired) electrons. The maximum absolute atomic E-state index is 13.1. The van der Waals surface area contributed by atoms with E-state index in [0.29, 0.717) is 34.9 Å². The average Bonchev–Trinajstić information content (AvgIpc) is 3.28. The maximum Gasteiger partial charge on any atom is 0.271 e. The Morgan fingerprint density at radius 2 is 2.13 bits per heavy atom. The molecule has 1 aromatic heterocycles. The lowest BCUT2D eigenvalue weighted by Crippen LogP contribution is -2.29. The Hall–Kier alpha value is -3.24. The van der Waals surface area contributed by atoms with Crippen molar-refractivity contribution in [3.8, 4) is 0 Å². The van der Waals surface area contributed by atoms with Gasteiger partial charge in [0.15, 0.2) is 5.16 Å². The van der Waals surface area contributed by atoms with Crippen LogP contribution in [0, 0.1) is 10.1 Å². The average molecular weight is 440 g/mol. The molecule has 2 heterocycles. The Morgan fingerprint density at radius 1 is 1.29 bits per heavy atom. The molecule has 0 saturated carbocycles. The predicted octanol–water partition coefficient (Wildman–Crippen LogP) is 3.21. The van der Waals surface area contributed by atoms with Crippen molar-refractivity contribution in [1.82, 2.24) is 9.55 Å². The van der Waals surface area contributed by atoms with Crippen LogP contribution >= 0.6 is 11.8 Å². The van der Waals surface area contributed by atoms with Gasteiger partial charge in [0.05, 0.1) is 34.2 Å². The molecule has 4 rings (SSSR count). The number of nitrogens with zero attached hydrogens (tertiary/aromatic N) is 3. The van der Waals surface area contributed by atoms with Gasteiger partial charge in [-0.05, 0) is 31.0 Å². The number of amides is 1. The van der Waals surface area contributed by atoms with Crippen LogP contribution in [0.15, 0.2) is 58.5 Å². The molecule has 10 heteroatoms. The van der Waals surface area contributed by atoms with Gasteiger partial charge in [0.2, 0.25) is 5.91 Å². The lowest BCUT2D eigenvalue weighted by Gasteiger charge is -2.16. The van der Waals surface area contributed by atoms with E-state index in [1.54, 1.807) is 28.8 Å². The summed E-state index contributed by atoms with van der Waals surface area (Å²) in [5, 5.41) is 14.5. The fraction of sp³-hybridized carbons (Fsp3) is 0.286. The number of hydrogen-bond donors (Lipinski definition) is 1. The first-order chi connectivity index (χ1) is 15.0. The van der Waals surface area contributed by atoms with Crippen LogP contribution < -0.4 is 10.9 Å². The number of carbonyl (C=O) groups excluding carboxylic acids is 1. The molecule has 0 spiro atoms. The number of fused-ring (bicyclic) bond motifs is 1. The van der Waals surface area contributed by atoms with Crippen LogP contribution in [0.25, 0.3) is 10.9 Å². The van der Waals surface area contributed by atoms with Gasteiger partial charge in [-0.2, -0.15) is 0 Å². The minimum atomic E-state index is -0.521. The van der Waals surface area contributed by atoms with Crippen LogP contribution in [0.3, 0.4) is 0 Å². The number of benzene rings is 2. The first-order valence-electron chi connectivity index (χ1n) is 9.79. The standard InChI is InChI=1S/C21H20N4O5S/c26-19(22-14-5-3-6-15(11-14)25(28)29)13-31-21-23-18-9-2-1-8-17(18)20(27)24(21)12-16-7-4-10-30-16/h1-3,5-6,8-9,11,16H,4,7,10,12-13H2,(H,22,26). The van der Waals surface area contributed by atoms with Crippen LogP contribution in [-0.4, -0.2) is 38.8 Å². The fourth-order valence-electron chi connectivity index (χ4n) is 3.44. The topological polar surface area (TPSA) is 116 Å². The number of non-ortho nitro benzene ring substituents is 1. The summed E-state index contributed by atoms with van der Waals surface area (Å²) >= 11 is 1.15. The zero-order valence-corrected chi connectivity index (χ0v) is 17.3. The summed E-state index contributed by atoms with van der Waals surface area (Å²) in [6.45, 7) is 1.06. The van der Waals surface area contributed by atoms with Crippen LogP contribution in [0.4, 0.5) is 11.4 Å². The number of nitro benzene ring substituents is 1. The van der Waals surface area contributed by atoms with E-state index in [2.05, 4.69) is 10.3 Å². The van der Waals surface area contributed by atoms with E-state index >= 15 is 0 Å². The molecule has 1 aliphatic rings. The predicted molar refractivity (Wildman–Crippen MR) is 117 cm³/mol. The summed E-state index contributed by atoms with van der Waals surface area (Å²) in [5.74, 6) is -0.351. The molecule has 31 heavy (non-hydrogen) atoms. The molecular weight excluding hydrogens is 420 g/mol. The molecule has 1 atom stereocenters. The monoisotopic (exact) mass is 440 g/mol. The number of nitro groups is 1. The number of para-hydroxylation sites is 1. The first-order valence-corrected chi connectivity index (χ1v) is 10.8. The van der Waals surface area contributed by atoms with Crippen LogP contribution in [0.2, 0.25) is 0 Å². The maximum atomic E-state index is 13.1. The van der Waals surface area contributed by atoms with Gasteiger partial charge in [-0.1, -0.05) is 30.0 Å². The van der Waals surface area contributed by atoms with Crippen molar-refractivity contribution < 1.29 is 14.5 Å². The van der Waals surface area contributed by atoms with Crippen molar-refractivity contribution in [1.29, 1.82) is 0 Å². The van der Waals surface area contributed by atoms with Gasteiger partial charge in [0, 0.05) is 24.4 Å². The smallest absolute Gasteiger partial charge is 0.271 e. The minimum absolute atomic E-state index is 0.000996. The van der Waals surface area contributed by atoms with E-state index in [1.807, 2.05) is 6.07 Å². The Balaban J connectivity index is 1.54. The molecule has 1 N–H and O–H groups in total. The molecule has 1 unspecified atom stereocenters. The molecule has 1 saturated heterocycles. The Morgan fingerprint density at radius 3 is 2.90 bits per heavy atom. The Labute approximate surface area is 181 Å². The van der Waals surface area contributed by atoms with Gasteiger partial charge >= 0.3 is 0 Å². The minimum Gasteiger partial charge on any atom is -0.376 e. The molecule has 1 fully saturated rings. The third-order valence-corrected chi connectivity index (χ3v) is 5.89. The quantitative estimate of drug-likeness (QED) is 0.259. The number of thioether (sulfide) groups is 1. The largest absolute Gasteiger partial charge is 0.376 e. The Kier molecular flexibility index (Phi) is 6.28. The van der Waals surface area contributed by atoms with Crippen molar-refractivity contribution >= 4 is 39.9 Å². The zero-order valence-electron chi connectivity index (χ0n) is 16.5. The van der Waals surface area contributed by atoms with E-state index < -0.39 is 4.92 Å². The normalized spacial score (nSPS) is 15.8. The molecule has 3 aromatic rings. The zero-order chi connectivity index (χ0) is 21.8. The molecule has 2 aromatic carbocycles. The lowest BCUT2D eigenvalue weighted by molar-refractivity contribution is -0.384. The second-order valence-corrected chi connectivity index (χ2v) is 8.05. The van der Waals surface area contributed by atoms with Crippen molar-refractivity contribution in [2.45, 2.75) is 30.6 Å². The molecule has 1 amide bonds. The highest BCUT2D eigenvalue weighted by Gasteiger charge is 2.20. The molecule has 160 valence electrons. The van der Waals surface area contributed by atoms with Crippen molar-refractivity contribution in [2.24, 2.45) is 0 Å². The van der Waals surface area contributed by atoms with E-state index in [9.17, 15) is 19.7 Å². The number of aromatic nitrogens is 2. The van der Waals surface area contributed by atoms with Crippen molar-refractivity contribution in [2.75, 3.05) is 17.7 Å². The van der Waals surface area contributed by atoms with E-state index in [4.69, 9.17) is 4.74 Å². The SMILES string of the molecule is O=C(CSc1nc2ccccc2c(=O)n1CC1CCCO1)Nc1cccc([N+](=O)[O-])c1. The summed E-state index contributed by atoms with van der Waals surface area (Å²) in [6, 6.07) is 12.8. The summed E-state index contributed by atoms with van der Waals surface area (Å²) < 4.78 is 7.26. The third kappa shape index (κ3) is 4.92. The first kappa shape index (κ1) is 21.0. The summed E-state index contributed by atoms with van der Waals surface area (Å²) in [5.41, 5.74) is 0.635. The highest BCUT2D eigenvalue weighted by molar-refractivity contribution is 7.99. The lowest BCUT2D eigenvalue weighted by atomic mass is 10.2. The van der Waals surface area contributed by atoms with Crippen LogP contribution in [0.5, 0.6) is 0 Å². The summed E-state index contributed by atoms with van der Waals surface area (Å²) in [4.78, 5) is 40.5. The molecule has 0 aliphatic carbocycles. The third-order valence-electron chi connectivity index (χ3n) is 4.91. The van der Waals surface area contributed by atoms with E-state index in [-0.39, 0.29) is 29.0 Å². The van der Waals surface area contributed by atoms with Gasteiger partial charge in [-0.15, -0.1) is 0 Å². The number of nitrogens with one attached hydrogen (secondary N) is 1. The number of ether oxygens (including phenoxy) is 1. The molecule has 9 nitrogen and oxygen atoms in total. The summed E-state index contributed by atoms with van der Waals surface area (Å²) in [6.07, 6.45) is 1.77. The second-order valence-electron chi connectivity index (χ2n) is 7.11. The number of carbonyl (C=O) groups is 1. The number of hydrogen-bond acceptors (Lipinski definition) is 7. The highest BCUT2D eigenvalue weighted by Crippen LogP contribution is 2.22. The van der Waals surface area contributed by atoms with Crippen molar-refractivity contribution in [3.05, 3.63) is 69.0 Å². The fourth-order valence-corrected chi connectivity index (χ4v) is 4.24. The Bertz CT molecular complexity index is 1190. The number of rotatable bonds is 7. The second kappa shape index (κ2) is 9.27. The molecule has 0 bridgehead atoms. The van der Waals surface area contributed by atoms with Crippen LogP contribution in [-0.2, 0) is 16.1 Å². The number of anilines is 1. The van der Waals surface area contributed by atoms with Gasteiger partial charge in [0.1, 0.15) is 0 Å². The van der Waals surface area contributed by atoms with Crippen LogP contribution in [0.1, 0.15) is 12.8 Å².